The summed E-state index contributed by atoms with van der Waals surface area (Å²) >= 11 is 0.557. The number of nitrogens with zero attached hydrogens (tertiary/aromatic N) is 2. The monoisotopic (exact) mass is 464 g/mol. The molecule has 0 aliphatic carbocycles. The number of benzene rings is 1. The third-order valence-corrected chi connectivity index (χ3v) is 5.64. The fraction of sp³-hybridized carbons (Fsp3) is 0.316. The fourth-order valence-corrected chi connectivity index (χ4v) is 4.18. The summed E-state index contributed by atoms with van der Waals surface area (Å²) in [4.78, 5) is 54.0. The van der Waals surface area contributed by atoms with E-state index in [9.17, 15) is 19.2 Å². The molecule has 1 unspecified atom stereocenters. The van der Waals surface area contributed by atoms with Crippen LogP contribution in [0.1, 0.15) is 23.5 Å². The van der Waals surface area contributed by atoms with Crippen LogP contribution in [0.3, 0.4) is 0 Å². The van der Waals surface area contributed by atoms with Crippen LogP contribution < -0.4 is 16.2 Å². The van der Waals surface area contributed by atoms with Gasteiger partial charge in [-0.2, -0.15) is 4.98 Å². The maximum Gasteiger partial charge on any atom is 0.338 e. The Kier molecular flexibility index (Phi) is 5.76. The number of nitrogen functional groups attached to an aromatic ring is 1. The molecular weight excluding hydrogens is 447 g/mol. The fourth-order valence-electron chi connectivity index (χ4n) is 3.34. The zero-order valence-electron chi connectivity index (χ0n) is 16.5. The topological polar surface area (TPSA) is 156 Å². The normalized spacial score (nSPS) is 22.7. The highest BCUT2D eigenvalue weighted by molar-refractivity contribution is 7.16. The number of carbonyl (C=O) groups excluding carboxylic acids is 2. The largest absolute Gasteiger partial charge is 0.459 e. The minimum atomic E-state index is -1.94. The predicted octanol–water partition coefficient (Wildman–Crippen LogP) is 0.753. The van der Waals surface area contributed by atoms with Crippen LogP contribution in [0.2, 0.25) is 0 Å². The number of nitrogens with two attached hydrogens (primary N) is 1. The number of hydrogen-bond donors (Lipinski definition) is 2. The predicted molar refractivity (Wildman–Crippen MR) is 110 cm³/mol. The molecule has 4 rings (SSSR count). The summed E-state index contributed by atoms with van der Waals surface area (Å²) in [7, 11) is 0. The van der Waals surface area contributed by atoms with Gasteiger partial charge < -0.3 is 19.9 Å². The molecule has 0 bridgehead atoms. The molecule has 0 saturated carbocycles. The summed E-state index contributed by atoms with van der Waals surface area (Å²) in [5.74, 6) is -1.78. The van der Waals surface area contributed by atoms with Crippen LogP contribution in [0.15, 0.2) is 39.9 Å². The maximum absolute atomic E-state index is 15.2. The lowest BCUT2D eigenvalue weighted by Gasteiger charge is -2.19. The van der Waals surface area contributed by atoms with E-state index in [1.165, 1.54) is 12.1 Å². The second kappa shape index (κ2) is 8.51. The number of anilines is 1. The molecular formula is C19H17FN4O7S. The van der Waals surface area contributed by atoms with Crippen LogP contribution in [-0.4, -0.2) is 51.5 Å². The number of hydrogen-bond acceptors (Lipinski definition) is 10. The van der Waals surface area contributed by atoms with Crippen molar-refractivity contribution in [1.82, 2.24) is 14.5 Å². The van der Waals surface area contributed by atoms with E-state index < -0.39 is 53.6 Å². The van der Waals surface area contributed by atoms with Crippen molar-refractivity contribution in [1.29, 1.82) is 0 Å². The Bertz CT molecular complexity index is 1290. The van der Waals surface area contributed by atoms with E-state index >= 15 is 4.39 Å². The molecule has 0 spiro atoms. The Balaban J connectivity index is 1.65. The number of aromatic amines is 1. The van der Waals surface area contributed by atoms with Crippen molar-refractivity contribution in [2.24, 2.45) is 0 Å². The van der Waals surface area contributed by atoms with E-state index in [0.717, 1.165) is 11.5 Å². The van der Waals surface area contributed by atoms with Crippen LogP contribution in [0.4, 0.5) is 10.3 Å². The number of fused-ring (bicyclic) bond motifs is 1. The average Bonchev–Trinajstić information content (AvgIpc) is 3.23. The summed E-state index contributed by atoms with van der Waals surface area (Å²) in [6.07, 6.45) is -6.29. The second-order valence-corrected chi connectivity index (χ2v) is 7.85. The van der Waals surface area contributed by atoms with Crippen LogP contribution in [0.25, 0.3) is 10.3 Å². The Morgan fingerprint density at radius 3 is 2.72 bits per heavy atom. The summed E-state index contributed by atoms with van der Waals surface area (Å²) in [5, 5.41) is 0. The van der Waals surface area contributed by atoms with Crippen LogP contribution >= 0.6 is 11.3 Å². The van der Waals surface area contributed by atoms with E-state index in [-0.39, 0.29) is 21.9 Å². The number of rotatable bonds is 5. The molecule has 1 aliphatic heterocycles. The maximum atomic E-state index is 15.2. The Morgan fingerprint density at radius 1 is 1.31 bits per heavy atom. The van der Waals surface area contributed by atoms with Crippen molar-refractivity contribution in [3.63, 3.8) is 0 Å². The van der Waals surface area contributed by atoms with Gasteiger partial charge in [0.15, 0.2) is 24.2 Å². The molecule has 1 aromatic carbocycles. The quantitative estimate of drug-likeness (QED) is 0.520. The molecule has 1 saturated heterocycles. The molecule has 1 aliphatic rings. The van der Waals surface area contributed by atoms with Crippen molar-refractivity contribution in [3.8, 4) is 0 Å². The molecule has 168 valence electrons. The Labute approximate surface area is 182 Å². The lowest BCUT2D eigenvalue weighted by Crippen LogP contribution is -2.36. The number of thiazole rings is 1. The van der Waals surface area contributed by atoms with Crippen molar-refractivity contribution >= 4 is 39.6 Å². The molecule has 32 heavy (non-hydrogen) atoms. The van der Waals surface area contributed by atoms with Crippen LogP contribution in [-0.2, 0) is 19.0 Å². The van der Waals surface area contributed by atoms with Gasteiger partial charge in [0, 0.05) is 6.92 Å². The zero-order chi connectivity index (χ0) is 23.0. The van der Waals surface area contributed by atoms with E-state index in [1.54, 1.807) is 18.2 Å². The highest BCUT2D eigenvalue weighted by atomic mass is 32.1. The van der Waals surface area contributed by atoms with Gasteiger partial charge in [-0.25, -0.2) is 9.18 Å². The van der Waals surface area contributed by atoms with Crippen molar-refractivity contribution < 1.29 is 28.2 Å². The first-order chi connectivity index (χ1) is 15.3. The van der Waals surface area contributed by atoms with Crippen molar-refractivity contribution in [2.45, 2.75) is 31.5 Å². The van der Waals surface area contributed by atoms with E-state index in [4.69, 9.17) is 19.9 Å². The summed E-state index contributed by atoms with van der Waals surface area (Å²) in [6.45, 7) is 0.568. The van der Waals surface area contributed by atoms with E-state index in [1.807, 2.05) is 0 Å². The van der Waals surface area contributed by atoms with Gasteiger partial charge in [-0.1, -0.05) is 29.5 Å². The number of alkyl halides is 1. The van der Waals surface area contributed by atoms with Crippen LogP contribution in [0.5, 0.6) is 0 Å². The van der Waals surface area contributed by atoms with Crippen LogP contribution in [0, 0.1) is 0 Å². The first-order valence-corrected chi connectivity index (χ1v) is 10.2. The number of ether oxygens (including phenoxy) is 3. The number of carbonyl (C=O) groups is 2. The number of nitrogens with one attached hydrogen (secondary N) is 1. The van der Waals surface area contributed by atoms with Gasteiger partial charge in [0.25, 0.3) is 5.56 Å². The minimum Gasteiger partial charge on any atom is -0.459 e. The number of H-pyrrole nitrogens is 1. The Hall–Kier alpha value is -3.58. The van der Waals surface area contributed by atoms with E-state index in [2.05, 4.69) is 9.97 Å². The molecule has 11 nitrogen and oxygen atoms in total. The van der Waals surface area contributed by atoms with Crippen molar-refractivity contribution in [2.75, 3.05) is 12.3 Å². The van der Waals surface area contributed by atoms with Gasteiger partial charge in [-0.15, -0.1) is 0 Å². The molecule has 1 fully saturated rings. The van der Waals surface area contributed by atoms with Gasteiger partial charge in [-0.05, 0) is 12.1 Å². The first kappa shape index (κ1) is 21.6. The number of esters is 2. The highest BCUT2D eigenvalue weighted by Crippen LogP contribution is 2.35. The van der Waals surface area contributed by atoms with Gasteiger partial charge in [0.2, 0.25) is 5.95 Å². The van der Waals surface area contributed by atoms with Gasteiger partial charge in [0.05, 0.1) is 5.56 Å². The highest BCUT2D eigenvalue weighted by Gasteiger charge is 2.50. The summed E-state index contributed by atoms with van der Waals surface area (Å²) < 4.78 is 31.9. The average molecular weight is 464 g/mol. The van der Waals surface area contributed by atoms with Gasteiger partial charge >= 0.3 is 16.8 Å². The SMILES string of the molecule is CC(=O)OC1[C@@H](F)[C@@H](COC(=O)c2ccccc2)O[C@H]1n1c(=O)sc2c(=O)[nH]c(N)nc21. The third kappa shape index (κ3) is 3.99. The second-order valence-electron chi connectivity index (χ2n) is 6.89. The summed E-state index contributed by atoms with van der Waals surface area (Å²) in [5.41, 5.74) is 5.04. The smallest absolute Gasteiger partial charge is 0.338 e. The van der Waals surface area contributed by atoms with E-state index in [0.29, 0.717) is 11.3 Å². The van der Waals surface area contributed by atoms with Crippen molar-refractivity contribution in [3.05, 3.63) is 55.9 Å². The standard InChI is InChI=1S/C19H17FN4O7S/c1-8(25)30-12-11(20)10(7-29-17(27)9-5-3-2-4-6-9)31-16(12)24-14-13(32-19(24)28)15(26)23-18(21)22-14/h2-6,10-12,16H,7H2,1H3,(H3,21,22,23,26)/t10-,11+,12?,16-/m1/s1. The molecule has 3 aromatic rings. The first-order valence-electron chi connectivity index (χ1n) is 9.36. The molecule has 4 atom stereocenters. The Morgan fingerprint density at radius 2 is 2.03 bits per heavy atom. The third-order valence-electron chi connectivity index (χ3n) is 4.70. The molecule has 3 N–H and O–H groups in total. The minimum absolute atomic E-state index is 0.0521. The van der Waals surface area contributed by atoms with Gasteiger partial charge in [0.1, 0.15) is 17.4 Å². The number of aromatic nitrogens is 3. The lowest BCUT2D eigenvalue weighted by molar-refractivity contribution is -0.154. The zero-order valence-corrected chi connectivity index (χ0v) is 17.3. The molecule has 0 radical (unpaired) electrons. The molecule has 0 amide bonds. The van der Waals surface area contributed by atoms with Gasteiger partial charge in [-0.3, -0.25) is 23.9 Å². The summed E-state index contributed by atoms with van der Waals surface area (Å²) in [6, 6.07) is 8.06. The lowest BCUT2D eigenvalue weighted by atomic mass is 10.1. The molecule has 3 heterocycles. The molecule has 13 heteroatoms. The number of halogens is 1. The molecule has 2 aromatic heterocycles.